The summed E-state index contributed by atoms with van der Waals surface area (Å²) in [6, 6.07) is 8.00. The third-order valence-electron chi connectivity index (χ3n) is 2.52. The normalized spacial score (nSPS) is 10.7. The van der Waals surface area contributed by atoms with Crippen molar-refractivity contribution in [3.05, 3.63) is 47.8 Å². The van der Waals surface area contributed by atoms with E-state index in [1.165, 1.54) is 10.5 Å². The molecule has 0 spiro atoms. The van der Waals surface area contributed by atoms with Crippen LogP contribution >= 0.6 is 11.8 Å². The van der Waals surface area contributed by atoms with Crippen molar-refractivity contribution in [2.75, 3.05) is 0 Å². The molecular weight excluding hydrogens is 232 g/mol. The van der Waals surface area contributed by atoms with E-state index in [9.17, 15) is 0 Å². The lowest BCUT2D eigenvalue weighted by atomic mass is 10.2. The van der Waals surface area contributed by atoms with Crippen LogP contribution in [0, 0.1) is 0 Å². The quantitative estimate of drug-likeness (QED) is 0.827. The fraction of sp³-hybridized carbons (Fsp3) is 0.308. The Kier molecular flexibility index (Phi) is 4.23. The number of hydrogen-bond donors (Lipinski definition) is 1. The third-order valence-corrected chi connectivity index (χ3v) is 3.61. The van der Waals surface area contributed by atoms with Gasteiger partial charge in [-0.1, -0.05) is 12.1 Å². The number of thioether (sulfide) groups is 1. The zero-order valence-corrected chi connectivity index (χ0v) is 10.7. The Balaban J connectivity index is 1.92. The van der Waals surface area contributed by atoms with Gasteiger partial charge in [0.1, 0.15) is 0 Å². The number of aromatic nitrogens is 2. The second-order valence-corrected chi connectivity index (χ2v) is 4.84. The van der Waals surface area contributed by atoms with Crippen molar-refractivity contribution in [2.24, 2.45) is 0 Å². The third kappa shape index (κ3) is 3.35. The van der Waals surface area contributed by atoms with E-state index in [1.54, 1.807) is 11.8 Å². The molecule has 2 aromatic rings. The smallest absolute Gasteiger partial charge is 0.0681 e. The van der Waals surface area contributed by atoms with Crippen molar-refractivity contribution in [3.8, 4) is 0 Å². The molecule has 1 aromatic carbocycles. The summed E-state index contributed by atoms with van der Waals surface area (Å²) in [4.78, 5) is 1.21. The molecule has 4 heteroatoms. The molecule has 0 fully saturated rings. The maximum atomic E-state index is 8.95. The molecule has 1 aromatic heterocycles. The molecule has 1 N–H and O–H groups in total. The van der Waals surface area contributed by atoms with Crippen molar-refractivity contribution in [3.63, 3.8) is 0 Å². The standard InChI is InChI=1S/C13H16N2OS/c1-2-15-8-12(7-14-15)10-17-13-5-3-11(9-16)4-6-13/h3-8,16H,2,9-10H2,1H3. The van der Waals surface area contributed by atoms with Crippen LogP contribution in [0.4, 0.5) is 0 Å². The summed E-state index contributed by atoms with van der Waals surface area (Å²) in [6.45, 7) is 3.10. The Morgan fingerprint density at radius 2 is 2.00 bits per heavy atom. The fourth-order valence-corrected chi connectivity index (χ4v) is 2.32. The van der Waals surface area contributed by atoms with E-state index in [0.717, 1.165) is 17.9 Å². The molecule has 0 aliphatic carbocycles. The lowest BCUT2D eigenvalue weighted by Crippen LogP contribution is -1.92. The molecule has 0 bridgehead atoms. The molecule has 0 saturated carbocycles. The van der Waals surface area contributed by atoms with Gasteiger partial charge in [-0.2, -0.15) is 5.10 Å². The predicted molar refractivity (Wildman–Crippen MR) is 69.8 cm³/mol. The Morgan fingerprint density at radius 1 is 1.24 bits per heavy atom. The number of benzene rings is 1. The van der Waals surface area contributed by atoms with Crippen molar-refractivity contribution in [1.29, 1.82) is 0 Å². The number of aliphatic hydroxyl groups is 1. The zero-order valence-electron chi connectivity index (χ0n) is 9.84. The van der Waals surface area contributed by atoms with Crippen LogP contribution in [-0.2, 0) is 18.9 Å². The Hall–Kier alpha value is -1.26. The van der Waals surface area contributed by atoms with Gasteiger partial charge in [-0.15, -0.1) is 11.8 Å². The van der Waals surface area contributed by atoms with Crippen LogP contribution in [0.2, 0.25) is 0 Å². The van der Waals surface area contributed by atoms with Gasteiger partial charge in [-0.3, -0.25) is 4.68 Å². The number of nitrogens with zero attached hydrogens (tertiary/aromatic N) is 2. The van der Waals surface area contributed by atoms with E-state index < -0.39 is 0 Å². The van der Waals surface area contributed by atoms with E-state index in [2.05, 4.69) is 18.2 Å². The molecule has 0 aliphatic rings. The van der Waals surface area contributed by atoms with E-state index in [4.69, 9.17) is 5.11 Å². The minimum Gasteiger partial charge on any atom is -0.392 e. The van der Waals surface area contributed by atoms with E-state index >= 15 is 0 Å². The molecule has 0 amide bonds. The SMILES string of the molecule is CCn1cc(CSc2ccc(CO)cc2)cn1. The van der Waals surface area contributed by atoms with Crippen molar-refractivity contribution in [1.82, 2.24) is 9.78 Å². The molecule has 0 saturated heterocycles. The van der Waals surface area contributed by atoms with Gasteiger partial charge in [0.05, 0.1) is 12.8 Å². The zero-order chi connectivity index (χ0) is 12.1. The first-order chi connectivity index (χ1) is 8.31. The topological polar surface area (TPSA) is 38.0 Å². The van der Waals surface area contributed by atoms with Gasteiger partial charge in [-0.25, -0.2) is 0 Å². The van der Waals surface area contributed by atoms with Crippen LogP contribution in [0.25, 0.3) is 0 Å². The van der Waals surface area contributed by atoms with Crippen molar-refractivity contribution in [2.45, 2.75) is 30.7 Å². The molecule has 1 heterocycles. The van der Waals surface area contributed by atoms with Gasteiger partial charge in [0.25, 0.3) is 0 Å². The number of aryl methyl sites for hydroxylation is 1. The highest BCUT2D eigenvalue weighted by molar-refractivity contribution is 7.98. The molecule has 3 nitrogen and oxygen atoms in total. The monoisotopic (exact) mass is 248 g/mol. The first-order valence-electron chi connectivity index (χ1n) is 5.65. The summed E-state index contributed by atoms with van der Waals surface area (Å²) in [5.41, 5.74) is 2.19. The molecule has 90 valence electrons. The van der Waals surface area contributed by atoms with Gasteiger partial charge in [0.15, 0.2) is 0 Å². The van der Waals surface area contributed by atoms with Gasteiger partial charge < -0.3 is 5.11 Å². The lowest BCUT2D eigenvalue weighted by Gasteiger charge is -2.01. The molecular formula is C13H16N2OS. The summed E-state index contributed by atoms with van der Waals surface area (Å²) >= 11 is 1.78. The summed E-state index contributed by atoms with van der Waals surface area (Å²) in [5, 5.41) is 13.2. The highest BCUT2D eigenvalue weighted by Crippen LogP contribution is 2.22. The highest BCUT2D eigenvalue weighted by Gasteiger charge is 1.99. The summed E-state index contributed by atoms with van der Waals surface area (Å²) in [5.74, 6) is 0.929. The van der Waals surface area contributed by atoms with Crippen LogP contribution in [-0.4, -0.2) is 14.9 Å². The maximum Gasteiger partial charge on any atom is 0.0681 e. The minimum atomic E-state index is 0.105. The molecule has 0 aliphatic heterocycles. The van der Waals surface area contributed by atoms with E-state index in [1.807, 2.05) is 35.1 Å². The van der Waals surface area contributed by atoms with Gasteiger partial charge >= 0.3 is 0 Å². The lowest BCUT2D eigenvalue weighted by molar-refractivity contribution is 0.282. The molecule has 0 radical (unpaired) electrons. The van der Waals surface area contributed by atoms with E-state index in [-0.39, 0.29) is 6.61 Å². The average molecular weight is 248 g/mol. The fourth-order valence-electron chi connectivity index (χ4n) is 1.51. The van der Waals surface area contributed by atoms with Gasteiger partial charge in [-0.05, 0) is 24.6 Å². The molecule has 0 atom stereocenters. The van der Waals surface area contributed by atoms with E-state index in [0.29, 0.717) is 0 Å². The van der Waals surface area contributed by atoms with Crippen LogP contribution in [0.3, 0.4) is 0 Å². The van der Waals surface area contributed by atoms with Crippen LogP contribution in [0.5, 0.6) is 0 Å². The second kappa shape index (κ2) is 5.89. The Bertz CT molecular complexity index is 465. The number of hydrogen-bond acceptors (Lipinski definition) is 3. The predicted octanol–water partition coefficient (Wildman–Crippen LogP) is 2.69. The molecule has 2 rings (SSSR count). The number of rotatable bonds is 5. The Morgan fingerprint density at radius 3 is 2.59 bits per heavy atom. The van der Waals surface area contributed by atoms with Crippen molar-refractivity contribution >= 4 is 11.8 Å². The number of aliphatic hydroxyl groups excluding tert-OH is 1. The second-order valence-electron chi connectivity index (χ2n) is 3.80. The maximum absolute atomic E-state index is 8.95. The summed E-state index contributed by atoms with van der Waals surface area (Å²) in [6.07, 6.45) is 3.99. The van der Waals surface area contributed by atoms with Crippen molar-refractivity contribution < 1.29 is 5.11 Å². The largest absolute Gasteiger partial charge is 0.392 e. The average Bonchev–Trinajstić information content (AvgIpc) is 2.85. The highest BCUT2D eigenvalue weighted by atomic mass is 32.2. The van der Waals surface area contributed by atoms with Gasteiger partial charge in [0.2, 0.25) is 0 Å². The minimum absolute atomic E-state index is 0.105. The first-order valence-corrected chi connectivity index (χ1v) is 6.64. The summed E-state index contributed by atoms with van der Waals surface area (Å²) in [7, 11) is 0. The summed E-state index contributed by atoms with van der Waals surface area (Å²) < 4.78 is 1.94. The molecule has 17 heavy (non-hydrogen) atoms. The van der Waals surface area contributed by atoms with Crippen LogP contribution in [0.1, 0.15) is 18.1 Å². The van der Waals surface area contributed by atoms with Gasteiger partial charge in [0, 0.05) is 29.0 Å². The first kappa shape index (κ1) is 12.2. The molecule has 0 unspecified atom stereocenters. The van der Waals surface area contributed by atoms with Crippen LogP contribution < -0.4 is 0 Å². The van der Waals surface area contributed by atoms with Crippen LogP contribution in [0.15, 0.2) is 41.6 Å². The Labute approximate surface area is 105 Å².